The molecule has 0 aliphatic carbocycles. The second kappa shape index (κ2) is 6.72. The molecule has 0 spiro atoms. The van der Waals surface area contributed by atoms with Crippen molar-refractivity contribution >= 4 is 40.2 Å². The van der Waals surface area contributed by atoms with Crippen molar-refractivity contribution < 1.29 is 14.7 Å². The summed E-state index contributed by atoms with van der Waals surface area (Å²) >= 11 is 2.04. The van der Waals surface area contributed by atoms with Crippen LogP contribution in [0.25, 0.3) is 0 Å². The molecule has 1 amide bonds. The van der Waals surface area contributed by atoms with E-state index in [4.69, 9.17) is 5.11 Å². The van der Waals surface area contributed by atoms with Crippen LogP contribution < -0.4 is 5.32 Å². The molecule has 1 aromatic carbocycles. The van der Waals surface area contributed by atoms with Crippen LogP contribution >= 0.6 is 22.6 Å². The first-order valence-electron chi connectivity index (χ1n) is 5.76. The van der Waals surface area contributed by atoms with Crippen LogP contribution in [0.1, 0.15) is 37.0 Å². The molecule has 1 atom stereocenters. The van der Waals surface area contributed by atoms with Crippen LogP contribution in [-0.2, 0) is 4.79 Å². The summed E-state index contributed by atoms with van der Waals surface area (Å²) in [6, 6.07) is 4.94. The first-order chi connectivity index (χ1) is 8.43. The number of carbonyl (C=O) groups excluding carboxylic acids is 1. The van der Waals surface area contributed by atoms with E-state index in [1.807, 2.05) is 36.4 Å². The monoisotopic (exact) mass is 361 g/mol. The predicted molar refractivity (Wildman–Crippen MR) is 78.8 cm³/mol. The normalized spacial score (nSPS) is 11.9. The Hall–Kier alpha value is -1.11. The van der Waals surface area contributed by atoms with Gasteiger partial charge >= 0.3 is 5.97 Å². The molecule has 1 rings (SSSR count). The Morgan fingerprint density at radius 2 is 2.11 bits per heavy atom. The number of rotatable bonds is 5. The van der Waals surface area contributed by atoms with Crippen LogP contribution in [0.5, 0.6) is 0 Å². The molecule has 0 radical (unpaired) electrons. The summed E-state index contributed by atoms with van der Waals surface area (Å²) < 4.78 is 0.824. The number of benzene rings is 1. The van der Waals surface area contributed by atoms with Gasteiger partial charge < -0.3 is 10.4 Å². The van der Waals surface area contributed by atoms with Crippen molar-refractivity contribution in [2.24, 2.45) is 5.92 Å². The van der Waals surface area contributed by atoms with Gasteiger partial charge in [0.2, 0.25) is 5.91 Å². The van der Waals surface area contributed by atoms with E-state index in [0.717, 1.165) is 9.99 Å². The molecule has 1 unspecified atom stereocenters. The first kappa shape index (κ1) is 14.9. The molecule has 0 saturated carbocycles. The summed E-state index contributed by atoms with van der Waals surface area (Å²) in [6.07, 6.45) is 1.33. The van der Waals surface area contributed by atoms with E-state index in [0.29, 0.717) is 18.0 Å². The van der Waals surface area contributed by atoms with Crippen LogP contribution in [0.3, 0.4) is 0 Å². The highest BCUT2D eigenvalue weighted by Crippen LogP contribution is 2.20. The maximum Gasteiger partial charge on any atom is 0.337 e. The lowest BCUT2D eigenvalue weighted by Gasteiger charge is -2.11. The van der Waals surface area contributed by atoms with Gasteiger partial charge in [-0.25, -0.2) is 4.79 Å². The minimum absolute atomic E-state index is 0.124. The molecule has 98 valence electrons. The van der Waals surface area contributed by atoms with E-state index >= 15 is 0 Å². The largest absolute Gasteiger partial charge is 0.478 e. The molecule has 0 saturated heterocycles. The van der Waals surface area contributed by atoms with Crippen molar-refractivity contribution in [3.05, 3.63) is 27.3 Å². The van der Waals surface area contributed by atoms with E-state index in [-0.39, 0.29) is 11.5 Å². The van der Waals surface area contributed by atoms with Gasteiger partial charge in [-0.15, -0.1) is 0 Å². The second-order valence-corrected chi connectivity index (χ2v) is 5.51. The van der Waals surface area contributed by atoms with Crippen molar-refractivity contribution in [1.29, 1.82) is 0 Å². The summed E-state index contributed by atoms with van der Waals surface area (Å²) in [7, 11) is 0. The summed E-state index contributed by atoms with van der Waals surface area (Å²) in [5.41, 5.74) is 0.482. The Bertz CT molecular complexity index is 460. The third-order valence-electron chi connectivity index (χ3n) is 2.72. The van der Waals surface area contributed by atoms with Gasteiger partial charge in [0.15, 0.2) is 0 Å². The Morgan fingerprint density at radius 1 is 1.44 bits per heavy atom. The van der Waals surface area contributed by atoms with E-state index in [1.165, 1.54) is 0 Å². The number of aromatic carboxylic acids is 1. The molecule has 0 fully saturated rings. The second-order valence-electron chi connectivity index (χ2n) is 4.26. The van der Waals surface area contributed by atoms with Gasteiger partial charge in [-0.3, -0.25) is 4.79 Å². The number of hydrogen-bond acceptors (Lipinski definition) is 2. The van der Waals surface area contributed by atoms with E-state index in [2.05, 4.69) is 5.32 Å². The summed E-state index contributed by atoms with van der Waals surface area (Å²) in [5.74, 6) is -0.887. The van der Waals surface area contributed by atoms with Crippen molar-refractivity contribution in [1.82, 2.24) is 0 Å². The molecule has 0 heterocycles. The lowest BCUT2D eigenvalue weighted by atomic mass is 10.0. The topological polar surface area (TPSA) is 66.4 Å². The van der Waals surface area contributed by atoms with Crippen molar-refractivity contribution in [2.45, 2.75) is 26.7 Å². The van der Waals surface area contributed by atoms with Gasteiger partial charge in [0.1, 0.15) is 0 Å². The molecule has 0 aliphatic rings. The number of halogens is 1. The highest BCUT2D eigenvalue weighted by Gasteiger charge is 2.14. The van der Waals surface area contributed by atoms with Gasteiger partial charge in [-0.05, 0) is 46.7 Å². The minimum Gasteiger partial charge on any atom is -0.478 e. The SMILES string of the molecule is CCC(C)CC(=O)Nc1ccc(I)cc1C(=O)O. The predicted octanol–water partition coefficient (Wildman–Crippen LogP) is 3.36. The average Bonchev–Trinajstić information content (AvgIpc) is 2.30. The first-order valence-corrected chi connectivity index (χ1v) is 6.84. The Labute approximate surface area is 120 Å². The van der Waals surface area contributed by atoms with Crippen LogP contribution in [0, 0.1) is 9.49 Å². The summed E-state index contributed by atoms with van der Waals surface area (Å²) in [5, 5.41) is 11.7. The van der Waals surface area contributed by atoms with Crippen LogP contribution in [0.15, 0.2) is 18.2 Å². The molecular weight excluding hydrogens is 345 g/mol. The van der Waals surface area contributed by atoms with Crippen molar-refractivity contribution in [2.75, 3.05) is 5.32 Å². The van der Waals surface area contributed by atoms with Gasteiger partial charge in [0.05, 0.1) is 11.3 Å². The zero-order valence-corrected chi connectivity index (χ0v) is 12.5. The number of anilines is 1. The Kier molecular flexibility index (Phi) is 5.58. The fraction of sp³-hybridized carbons (Fsp3) is 0.385. The van der Waals surface area contributed by atoms with Crippen molar-refractivity contribution in [3.63, 3.8) is 0 Å². The number of carboxylic acid groups (broad SMARTS) is 1. The molecule has 2 N–H and O–H groups in total. The number of carbonyl (C=O) groups is 2. The zero-order chi connectivity index (χ0) is 13.7. The fourth-order valence-electron chi connectivity index (χ4n) is 1.46. The number of carboxylic acids is 1. The van der Waals surface area contributed by atoms with E-state index in [1.54, 1.807) is 18.2 Å². The quantitative estimate of drug-likeness (QED) is 0.791. The van der Waals surface area contributed by atoms with Gasteiger partial charge in [-0.1, -0.05) is 20.3 Å². The van der Waals surface area contributed by atoms with Gasteiger partial charge in [-0.2, -0.15) is 0 Å². The minimum atomic E-state index is -1.03. The third kappa shape index (κ3) is 4.29. The van der Waals surface area contributed by atoms with Gasteiger partial charge in [0, 0.05) is 9.99 Å². The van der Waals surface area contributed by atoms with E-state index < -0.39 is 5.97 Å². The maximum atomic E-state index is 11.7. The Morgan fingerprint density at radius 3 is 2.67 bits per heavy atom. The lowest BCUT2D eigenvalue weighted by Crippen LogP contribution is -2.17. The molecule has 4 nitrogen and oxygen atoms in total. The van der Waals surface area contributed by atoms with Crippen LogP contribution in [0.2, 0.25) is 0 Å². The standard InChI is InChI=1S/C13H16INO3/c1-3-8(2)6-12(16)15-11-5-4-9(14)7-10(11)13(17)18/h4-5,7-8H,3,6H2,1-2H3,(H,15,16)(H,17,18). The number of nitrogens with one attached hydrogen (secondary N) is 1. The molecule has 0 aliphatic heterocycles. The molecule has 5 heteroatoms. The highest BCUT2D eigenvalue weighted by atomic mass is 127. The molecule has 1 aromatic rings. The number of hydrogen-bond donors (Lipinski definition) is 2. The highest BCUT2D eigenvalue weighted by molar-refractivity contribution is 14.1. The smallest absolute Gasteiger partial charge is 0.337 e. The van der Waals surface area contributed by atoms with Crippen LogP contribution in [0.4, 0.5) is 5.69 Å². The average molecular weight is 361 g/mol. The summed E-state index contributed by atoms with van der Waals surface area (Å²) in [6.45, 7) is 4.01. The number of amides is 1. The Balaban J connectivity index is 2.84. The van der Waals surface area contributed by atoms with Crippen molar-refractivity contribution in [3.8, 4) is 0 Å². The molecular formula is C13H16INO3. The van der Waals surface area contributed by atoms with E-state index in [9.17, 15) is 9.59 Å². The molecule has 0 bridgehead atoms. The van der Waals surface area contributed by atoms with Crippen LogP contribution in [-0.4, -0.2) is 17.0 Å². The third-order valence-corrected chi connectivity index (χ3v) is 3.39. The zero-order valence-electron chi connectivity index (χ0n) is 10.4. The maximum absolute atomic E-state index is 11.7. The van der Waals surface area contributed by atoms with Gasteiger partial charge in [0.25, 0.3) is 0 Å². The molecule has 18 heavy (non-hydrogen) atoms. The lowest BCUT2D eigenvalue weighted by molar-refractivity contribution is -0.117. The fourth-order valence-corrected chi connectivity index (χ4v) is 1.96. The molecule has 0 aromatic heterocycles. The summed E-state index contributed by atoms with van der Waals surface area (Å²) in [4.78, 5) is 22.8.